The Labute approximate surface area is 194 Å². The Morgan fingerprint density at radius 2 is 1.94 bits per heavy atom. The Hall–Kier alpha value is -2.28. The van der Waals surface area contributed by atoms with E-state index in [1.807, 2.05) is 13.1 Å². The number of hydrogen-bond acceptors (Lipinski definition) is 10. The van der Waals surface area contributed by atoms with Crippen LogP contribution in [0.25, 0.3) is 0 Å². The predicted molar refractivity (Wildman–Crippen MR) is 111 cm³/mol. The number of nitrogens with zero attached hydrogens (tertiary/aromatic N) is 1. The summed E-state index contributed by atoms with van der Waals surface area (Å²) in [5.74, 6) is -1.24. The summed E-state index contributed by atoms with van der Waals surface area (Å²) in [7, 11) is 1.97. The van der Waals surface area contributed by atoms with Gasteiger partial charge in [-0.2, -0.15) is 0 Å². The van der Waals surface area contributed by atoms with Gasteiger partial charge in [0.15, 0.2) is 29.5 Å². The zero-order chi connectivity index (χ0) is 24.2. The van der Waals surface area contributed by atoms with Crippen molar-refractivity contribution < 1.29 is 49.3 Å². The van der Waals surface area contributed by atoms with Crippen LogP contribution >= 0.6 is 0 Å². The third kappa shape index (κ3) is 2.57. The van der Waals surface area contributed by atoms with Crippen molar-refractivity contribution >= 4 is 11.8 Å². The van der Waals surface area contributed by atoms with E-state index in [0.717, 1.165) is 11.1 Å². The maximum atomic E-state index is 13.0. The molecule has 3 aliphatic heterocycles. The summed E-state index contributed by atoms with van der Waals surface area (Å²) >= 11 is 0. The highest BCUT2D eigenvalue weighted by Crippen LogP contribution is 2.64. The van der Waals surface area contributed by atoms with Crippen molar-refractivity contribution in [3.05, 3.63) is 23.3 Å². The summed E-state index contributed by atoms with van der Waals surface area (Å²) in [6, 6.07) is 3.25. The first-order valence-corrected chi connectivity index (χ1v) is 11.5. The number of Topliss-reactive ketones (excluding diaryl/α,β-unsaturated/α-hetero) is 1. The maximum absolute atomic E-state index is 13.0. The Balaban J connectivity index is 1.43. The highest BCUT2D eigenvalue weighted by molar-refractivity contribution is 5.90. The molecule has 2 saturated heterocycles. The molecule has 2 bridgehead atoms. The molecule has 3 heterocycles. The molecule has 1 saturated carbocycles. The number of ether oxygens (including phenoxy) is 3. The van der Waals surface area contributed by atoms with Crippen LogP contribution in [0.2, 0.25) is 0 Å². The Morgan fingerprint density at radius 3 is 2.68 bits per heavy atom. The number of rotatable bonds is 3. The normalized spacial score (nSPS) is 44.9. The van der Waals surface area contributed by atoms with Gasteiger partial charge in [0.05, 0.1) is 11.0 Å². The Kier molecular flexibility index (Phi) is 4.65. The third-order valence-electron chi connectivity index (χ3n) is 8.57. The molecule has 11 nitrogen and oxygen atoms in total. The van der Waals surface area contributed by atoms with Gasteiger partial charge in [-0.1, -0.05) is 6.07 Å². The van der Waals surface area contributed by atoms with Gasteiger partial charge in [-0.3, -0.25) is 4.79 Å². The quantitative estimate of drug-likeness (QED) is 0.337. The minimum Gasteiger partial charge on any atom is -0.479 e. The van der Waals surface area contributed by atoms with Gasteiger partial charge in [-0.05, 0) is 44.5 Å². The molecule has 34 heavy (non-hydrogen) atoms. The second kappa shape index (κ2) is 7.12. The second-order valence-corrected chi connectivity index (χ2v) is 10.1. The molecule has 5 N–H and O–H groups in total. The van der Waals surface area contributed by atoms with Crippen LogP contribution in [0.5, 0.6) is 11.5 Å². The number of aliphatic hydroxyl groups is 4. The van der Waals surface area contributed by atoms with Gasteiger partial charge < -0.3 is 44.6 Å². The second-order valence-electron chi connectivity index (χ2n) is 10.1. The number of benzene rings is 1. The number of carbonyl (C=O) groups excluding carboxylic acids is 1. The molecule has 1 aromatic rings. The lowest BCUT2D eigenvalue weighted by Gasteiger charge is -2.62. The van der Waals surface area contributed by atoms with E-state index in [4.69, 9.17) is 14.2 Å². The molecule has 9 atom stereocenters. The minimum absolute atomic E-state index is 0.0959. The van der Waals surface area contributed by atoms with Crippen LogP contribution in [-0.2, 0) is 26.2 Å². The number of carbonyl (C=O) groups is 2. The summed E-state index contributed by atoms with van der Waals surface area (Å²) in [6.45, 7) is 0.679. The third-order valence-corrected chi connectivity index (χ3v) is 8.57. The van der Waals surface area contributed by atoms with Crippen molar-refractivity contribution in [3.63, 3.8) is 0 Å². The van der Waals surface area contributed by atoms with Crippen LogP contribution < -0.4 is 9.47 Å². The van der Waals surface area contributed by atoms with E-state index in [-0.39, 0.29) is 29.7 Å². The lowest BCUT2D eigenvalue weighted by molar-refractivity contribution is -0.271. The molecule has 184 valence electrons. The molecule has 11 heteroatoms. The van der Waals surface area contributed by atoms with E-state index in [1.54, 1.807) is 6.07 Å². The van der Waals surface area contributed by atoms with E-state index < -0.39 is 53.8 Å². The van der Waals surface area contributed by atoms with Gasteiger partial charge >= 0.3 is 5.97 Å². The summed E-state index contributed by atoms with van der Waals surface area (Å²) < 4.78 is 17.3. The molecule has 1 aromatic carbocycles. The number of ketones is 1. The highest BCUT2D eigenvalue weighted by Gasteiger charge is 2.73. The number of aliphatic carboxylic acids is 1. The monoisotopic (exact) mass is 477 g/mol. The van der Waals surface area contributed by atoms with E-state index in [1.165, 1.54) is 0 Å². The molecule has 0 aromatic heterocycles. The molecule has 0 radical (unpaired) electrons. The van der Waals surface area contributed by atoms with E-state index >= 15 is 0 Å². The summed E-state index contributed by atoms with van der Waals surface area (Å²) in [5.41, 5.74) is -0.432. The SMILES string of the molecule is CN1CC[C@]23c4c5ccc(OC6O[C@H](C(=O)O)[C@@H](O)[C@H](O)[C@H]6O)c4O[C@H]2C(=O)CC[C@@]3(O)[C@H]1C5. The summed E-state index contributed by atoms with van der Waals surface area (Å²) in [6.07, 6.45) is -8.07. The highest BCUT2D eigenvalue weighted by atomic mass is 16.7. The molecule has 3 fully saturated rings. The summed E-state index contributed by atoms with van der Waals surface area (Å²) in [5, 5.41) is 51.8. The Morgan fingerprint density at radius 1 is 1.18 bits per heavy atom. The molecule has 5 aliphatic rings. The van der Waals surface area contributed by atoms with Crippen LogP contribution in [0, 0.1) is 0 Å². The number of carboxylic acids is 1. The number of likely N-dealkylation sites (N-methyl/N-ethyl adjacent to an activating group) is 1. The topological polar surface area (TPSA) is 166 Å². The van der Waals surface area contributed by atoms with Crippen molar-refractivity contribution in [2.75, 3.05) is 13.6 Å². The number of aliphatic hydroxyl groups excluding tert-OH is 3. The minimum atomic E-state index is -1.84. The number of carboxylic acid groups (broad SMARTS) is 1. The van der Waals surface area contributed by atoms with Gasteiger partial charge in [0.2, 0.25) is 6.29 Å². The first kappa shape index (κ1) is 22.2. The first-order chi connectivity index (χ1) is 16.1. The van der Waals surface area contributed by atoms with Crippen molar-refractivity contribution in [1.82, 2.24) is 4.90 Å². The van der Waals surface area contributed by atoms with Gasteiger partial charge in [0.25, 0.3) is 0 Å². The lowest BCUT2D eigenvalue weighted by Crippen LogP contribution is -2.76. The summed E-state index contributed by atoms with van der Waals surface area (Å²) in [4.78, 5) is 26.6. The predicted octanol–water partition coefficient (Wildman–Crippen LogP) is -1.69. The average Bonchev–Trinajstić information content (AvgIpc) is 3.16. The zero-order valence-electron chi connectivity index (χ0n) is 18.5. The van der Waals surface area contributed by atoms with Crippen LogP contribution in [0.3, 0.4) is 0 Å². The molecule has 1 spiro atoms. The Bertz CT molecular complexity index is 1080. The fraction of sp³-hybridized carbons (Fsp3) is 0.652. The van der Waals surface area contributed by atoms with Crippen LogP contribution in [-0.4, -0.2) is 104 Å². The smallest absolute Gasteiger partial charge is 0.335 e. The van der Waals surface area contributed by atoms with Crippen LogP contribution in [0.15, 0.2) is 12.1 Å². The van der Waals surface area contributed by atoms with Gasteiger partial charge in [0, 0.05) is 18.0 Å². The van der Waals surface area contributed by atoms with Crippen molar-refractivity contribution in [3.8, 4) is 11.5 Å². The average molecular weight is 477 g/mol. The fourth-order valence-corrected chi connectivity index (χ4v) is 6.89. The molecular formula is C23H27NO10. The molecule has 6 rings (SSSR count). The maximum Gasteiger partial charge on any atom is 0.335 e. The molecule has 1 unspecified atom stereocenters. The standard InChI is InChI=1S/C23H27NO10/c1-24-7-6-22-13-9-2-3-11(32-21-16(28)14(26)15(27)18(34-21)20(29)30)17(13)33-19(22)10(25)4-5-23(22,31)12(24)8-9/h2-3,12,14-16,18-19,21,26-28,31H,4-8H2,1H3,(H,29,30)/t12-,14+,15+,16-,18+,19+,21?,22+,23-/m1/s1. The van der Waals surface area contributed by atoms with E-state index in [9.17, 15) is 35.1 Å². The van der Waals surface area contributed by atoms with Gasteiger partial charge in [-0.15, -0.1) is 0 Å². The number of hydrogen-bond donors (Lipinski definition) is 5. The van der Waals surface area contributed by atoms with Crippen molar-refractivity contribution in [2.24, 2.45) is 0 Å². The van der Waals surface area contributed by atoms with Crippen LogP contribution in [0.4, 0.5) is 0 Å². The van der Waals surface area contributed by atoms with E-state index in [2.05, 4.69) is 4.90 Å². The van der Waals surface area contributed by atoms with Crippen molar-refractivity contribution in [1.29, 1.82) is 0 Å². The van der Waals surface area contributed by atoms with Gasteiger partial charge in [-0.25, -0.2) is 4.79 Å². The zero-order valence-corrected chi connectivity index (χ0v) is 18.5. The van der Waals surface area contributed by atoms with Gasteiger partial charge in [0.1, 0.15) is 18.3 Å². The van der Waals surface area contributed by atoms with Crippen molar-refractivity contribution in [2.45, 2.75) is 79.6 Å². The number of likely N-dealkylation sites (tertiary alicyclic amines) is 1. The largest absolute Gasteiger partial charge is 0.479 e. The van der Waals surface area contributed by atoms with E-state index in [0.29, 0.717) is 25.8 Å². The molecular weight excluding hydrogens is 450 g/mol. The first-order valence-electron chi connectivity index (χ1n) is 11.5. The lowest BCUT2D eigenvalue weighted by atomic mass is 9.49. The number of piperidine rings is 1. The fourth-order valence-electron chi connectivity index (χ4n) is 6.89. The molecule has 2 aliphatic carbocycles. The van der Waals surface area contributed by atoms with Crippen LogP contribution in [0.1, 0.15) is 30.4 Å². The molecule has 0 amide bonds.